The number of allylic oxidation sites excluding steroid dienone is 1. The van der Waals surface area contributed by atoms with Gasteiger partial charge in [0.05, 0.1) is 0 Å². The molecule has 0 radical (unpaired) electrons. The van der Waals surface area contributed by atoms with E-state index >= 15 is 0 Å². The van der Waals surface area contributed by atoms with Crippen molar-refractivity contribution >= 4 is 0 Å². The van der Waals surface area contributed by atoms with Gasteiger partial charge >= 0.3 is 0 Å². The second kappa shape index (κ2) is 11.8. The molecule has 1 heteroatoms. The Morgan fingerprint density at radius 1 is 0.933 bits per heavy atom. The molecule has 90 valence electrons. The number of nitrogens with zero attached hydrogens (tertiary/aromatic N) is 1. The van der Waals surface area contributed by atoms with Crippen LogP contribution in [0.25, 0.3) is 0 Å². The molecule has 0 rings (SSSR count). The molecule has 0 bridgehead atoms. The monoisotopic (exact) mass is 211 g/mol. The molecule has 0 aliphatic rings. The largest absolute Gasteiger partial charge is 0.304 e. The highest BCUT2D eigenvalue weighted by Gasteiger charge is 1.99. The Morgan fingerprint density at radius 3 is 2.20 bits per heavy atom. The summed E-state index contributed by atoms with van der Waals surface area (Å²) in [5.74, 6) is 0. The Hall–Kier alpha value is -0.300. The van der Waals surface area contributed by atoms with E-state index < -0.39 is 0 Å². The van der Waals surface area contributed by atoms with Gasteiger partial charge < -0.3 is 4.90 Å². The fourth-order valence-corrected chi connectivity index (χ4v) is 1.90. The van der Waals surface area contributed by atoms with Gasteiger partial charge in [0, 0.05) is 0 Å². The van der Waals surface area contributed by atoms with Crippen LogP contribution in [-0.4, -0.2) is 24.5 Å². The van der Waals surface area contributed by atoms with Gasteiger partial charge in [-0.05, 0) is 45.3 Å². The maximum atomic E-state index is 3.74. The maximum absolute atomic E-state index is 3.74. The molecule has 0 aliphatic carbocycles. The fraction of sp³-hybridized carbons (Fsp3) is 0.857. The van der Waals surface area contributed by atoms with E-state index in [2.05, 4.69) is 25.3 Å². The third-order valence-corrected chi connectivity index (χ3v) is 2.87. The molecule has 0 spiro atoms. The standard InChI is InChI=1S/C14H29N/c1-4-7-8-9-10-11-12-14-15(6-3)13-5-2/h4H,1,5-14H2,2-3H3. The summed E-state index contributed by atoms with van der Waals surface area (Å²) in [6.07, 6.45) is 11.4. The van der Waals surface area contributed by atoms with E-state index in [0.717, 1.165) is 0 Å². The van der Waals surface area contributed by atoms with Crippen LogP contribution >= 0.6 is 0 Å². The molecule has 1 nitrogen and oxygen atoms in total. The van der Waals surface area contributed by atoms with E-state index in [1.807, 2.05) is 6.08 Å². The summed E-state index contributed by atoms with van der Waals surface area (Å²) in [6, 6.07) is 0. The Bertz CT molecular complexity index is 131. The minimum absolute atomic E-state index is 1.19. The van der Waals surface area contributed by atoms with Crippen LogP contribution < -0.4 is 0 Å². The van der Waals surface area contributed by atoms with Crippen LogP contribution in [0.5, 0.6) is 0 Å². The van der Waals surface area contributed by atoms with Crippen molar-refractivity contribution in [1.82, 2.24) is 4.90 Å². The molecule has 0 heterocycles. The lowest BCUT2D eigenvalue weighted by Gasteiger charge is -2.19. The SMILES string of the molecule is C=CCCCCCCCN(CC)CCC. The maximum Gasteiger partial charge on any atom is -0.00189 e. The molecular formula is C14H29N. The summed E-state index contributed by atoms with van der Waals surface area (Å²) in [6.45, 7) is 12.0. The number of unbranched alkanes of at least 4 members (excludes halogenated alkanes) is 5. The third kappa shape index (κ3) is 9.99. The van der Waals surface area contributed by atoms with Crippen molar-refractivity contribution in [3.8, 4) is 0 Å². The smallest absolute Gasteiger partial charge is 0.00189 e. The summed E-state index contributed by atoms with van der Waals surface area (Å²) >= 11 is 0. The predicted octanol–water partition coefficient (Wildman–Crippen LogP) is 4.24. The molecule has 0 aromatic carbocycles. The van der Waals surface area contributed by atoms with Crippen molar-refractivity contribution in [3.63, 3.8) is 0 Å². The van der Waals surface area contributed by atoms with Gasteiger partial charge in [0.2, 0.25) is 0 Å². The van der Waals surface area contributed by atoms with Gasteiger partial charge in [-0.25, -0.2) is 0 Å². The minimum Gasteiger partial charge on any atom is -0.304 e. The Labute approximate surface area is 96.6 Å². The highest BCUT2D eigenvalue weighted by molar-refractivity contribution is 4.65. The average molecular weight is 211 g/mol. The molecule has 0 atom stereocenters. The van der Waals surface area contributed by atoms with Gasteiger partial charge in [-0.3, -0.25) is 0 Å². The lowest BCUT2D eigenvalue weighted by Crippen LogP contribution is -2.25. The van der Waals surface area contributed by atoms with Crippen LogP contribution in [0.1, 0.15) is 58.8 Å². The molecule has 0 aromatic rings. The minimum atomic E-state index is 1.19. The van der Waals surface area contributed by atoms with Crippen LogP contribution in [0.15, 0.2) is 12.7 Å². The first-order valence-corrected chi connectivity index (χ1v) is 6.68. The predicted molar refractivity (Wildman–Crippen MR) is 70.3 cm³/mol. The Kier molecular flexibility index (Phi) is 11.5. The molecule has 0 unspecified atom stereocenters. The third-order valence-electron chi connectivity index (χ3n) is 2.87. The molecule has 0 amide bonds. The van der Waals surface area contributed by atoms with E-state index in [1.54, 1.807) is 0 Å². The van der Waals surface area contributed by atoms with Crippen molar-refractivity contribution in [2.75, 3.05) is 19.6 Å². The number of hydrogen-bond donors (Lipinski definition) is 0. The summed E-state index contributed by atoms with van der Waals surface area (Å²) in [5.41, 5.74) is 0. The Balaban J connectivity index is 3.17. The molecule has 0 N–H and O–H groups in total. The van der Waals surface area contributed by atoms with Crippen molar-refractivity contribution in [3.05, 3.63) is 12.7 Å². The zero-order valence-corrected chi connectivity index (χ0v) is 10.8. The second-order valence-electron chi connectivity index (χ2n) is 4.28. The Morgan fingerprint density at radius 2 is 1.60 bits per heavy atom. The molecule has 0 aliphatic heterocycles. The van der Waals surface area contributed by atoms with Crippen molar-refractivity contribution in [1.29, 1.82) is 0 Å². The second-order valence-corrected chi connectivity index (χ2v) is 4.28. The number of hydrogen-bond acceptors (Lipinski definition) is 1. The van der Waals surface area contributed by atoms with Crippen molar-refractivity contribution in [2.45, 2.75) is 58.8 Å². The highest BCUT2D eigenvalue weighted by atomic mass is 15.1. The zero-order valence-electron chi connectivity index (χ0n) is 10.8. The lowest BCUT2D eigenvalue weighted by atomic mass is 10.1. The zero-order chi connectivity index (χ0) is 11.4. The summed E-state index contributed by atoms with van der Waals surface area (Å²) in [7, 11) is 0. The van der Waals surface area contributed by atoms with E-state index in [1.165, 1.54) is 64.6 Å². The molecular weight excluding hydrogens is 182 g/mol. The van der Waals surface area contributed by atoms with Gasteiger partial charge in [0.25, 0.3) is 0 Å². The van der Waals surface area contributed by atoms with Gasteiger partial charge in [-0.2, -0.15) is 0 Å². The average Bonchev–Trinajstić information content (AvgIpc) is 2.26. The van der Waals surface area contributed by atoms with Crippen LogP contribution in [0.2, 0.25) is 0 Å². The van der Waals surface area contributed by atoms with Crippen LogP contribution in [-0.2, 0) is 0 Å². The van der Waals surface area contributed by atoms with Crippen molar-refractivity contribution in [2.24, 2.45) is 0 Å². The van der Waals surface area contributed by atoms with Crippen LogP contribution in [0.3, 0.4) is 0 Å². The van der Waals surface area contributed by atoms with Crippen LogP contribution in [0, 0.1) is 0 Å². The summed E-state index contributed by atoms with van der Waals surface area (Å²) in [4.78, 5) is 2.56. The lowest BCUT2D eigenvalue weighted by molar-refractivity contribution is 0.281. The highest BCUT2D eigenvalue weighted by Crippen LogP contribution is 2.06. The molecule has 0 aromatic heterocycles. The molecule has 0 fully saturated rings. The molecule has 0 saturated heterocycles. The summed E-state index contributed by atoms with van der Waals surface area (Å²) < 4.78 is 0. The van der Waals surface area contributed by atoms with Crippen molar-refractivity contribution < 1.29 is 0 Å². The molecule has 15 heavy (non-hydrogen) atoms. The van der Waals surface area contributed by atoms with Gasteiger partial charge in [0.15, 0.2) is 0 Å². The van der Waals surface area contributed by atoms with E-state index in [0.29, 0.717) is 0 Å². The first-order valence-electron chi connectivity index (χ1n) is 6.68. The van der Waals surface area contributed by atoms with Crippen LogP contribution in [0.4, 0.5) is 0 Å². The molecule has 0 saturated carbocycles. The number of rotatable bonds is 11. The first kappa shape index (κ1) is 14.7. The van der Waals surface area contributed by atoms with Gasteiger partial charge in [-0.1, -0.05) is 39.2 Å². The van der Waals surface area contributed by atoms with E-state index in [9.17, 15) is 0 Å². The quantitative estimate of drug-likeness (QED) is 0.365. The topological polar surface area (TPSA) is 3.24 Å². The first-order chi connectivity index (χ1) is 7.35. The van der Waals surface area contributed by atoms with E-state index in [-0.39, 0.29) is 0 Å². The summed E-state index contributed by atoms with van der Waals surface area (Å²) in [5, 5.41) is 0. The van der Waals surface area contributed by atoms with Gasteiger partial charge in [0.1, 0.15) is 0 Å². The van der Waals surface area contributed by atoms with Gasteiger partial charge in [-0.15, -0.1) is 6.58 Å². The normalized spacial score (nSPS) is 10.9. The van der Waals surface area contributed by atoms with E-state index in [4.69, 9.17) is 0 Å². The fourth-order valence-electron chi connectivity index (χ4n) is 1.90.